The van der Waals surface area contributed by atoms with Gasteiger partial charge in [0.05, 0.1) is 0 Å². The molecule has 0 spiro atoms. The van der Waals surface area contributed by atoms with Crippen LogP contribution in [0.15, 0.2) is 42.5 Å². The zero-order chi connectivity index (χ0) is 12.8. The average molecular weight is 261 g/mol. The summed E-state index contributed by atoms with van der Waals surface area (Å²) < 4.78 is 0. The maximum Gasteiger partial charge on any atom is 0.163 e. The Bertz CT molecular complexity index is 528. The van der Waals surface area contributed by atoms with Crippen LogP contribution in [-0.4, -0.2) is 11.7 Å². The molecule has 0 saturated heterocycles. The second-order valence-corrected chi connectivity index (χ2v) is 4.83. The fraction of sp³-hybridized carbons (Fsp3) is 0.312. The molecule has 2 rings (SSSR count). The maximum atomic E-state index is 12.2. The first kappa shape index (κ1) is 13.1. The van der Waals surface area contributed by atoms with E-state index in [4.69, 9.17) is 11.6 Å². The predicted molar refractivity (Wildman–Crippen MR) is 77.5 cm³/mol. The Kier molecular flexibility index (Phi) is 4.77. The standard InChI is InChI=1S/C16H17ClO/c17-12-5-1-2-11-16(18)15-10-6-8-13-7-3-4-9-14(13)15/h3-4,6-10H,1-2,5,11-12H2. The maximum absolute atomic E-state index is 12.2. The van der Waals surface area contributed by atoms with Crippen molar-refractivity contribution in [1.29, 1.82) is 0 Å². The lowest BCUT2D eigenvalue weighted by molar-refractivity contribution is 0.0981. The van der Waals surface area contributed by atoms with Gasteiger partial charge >= 0.3 is 0 Å². The largest absolute Gasteiger partial charge is 0.294 e. The summed E-state index contributed by atoms with van der Waals surface area (Å²) in [5.74, 6) is 0.920. The molecule has 94 valence electrons. The van der Waals surface area contributed by atoms with E-state index in [2.05, 4.69) is 0 Å². The van der Waals surface area contributed by atoms with Crippen LogP contribution in [0, 0.1) is 0 Å². The third-order valence-electron chi connectivity index (χ3n) is 3.13. The van der Waals surface area contributed by atoms with Gasteiger partial charge in [0, 0.05) is 17.9 Å². The minimum absolute atomic E-state index is 0.237. The zero-order valence-electron chi connectivity index (χ0n) is 10.4. The molecule has 0 unspecified atom stereocenters. The number of benzene rings is 2. The number of hydrogen-bond donors (Lipinski definition) is 0. The van der Waals surface area contributed by atoms with Crippen molar-refractivity contribution in [2.45, 2.75) is 25.7 Å². The van der Waals surface area contributed by atoms with Gasteiger partial charge in [0.2, 0.25) is 0 Å². The minimum Gasteiger partial charge on any atom is -0.294 e. The quantitative estimate of drug-likeness (QED) is 0.413. The van der Waals surface area contributed by atoms with Crippen LogP contribution in [-0.2, 0) is 0 Å². The molecular formula is C16H17ClO. The molecule has 0 aliphatic carbocycles. The second-order valence-electron chi connectivity index (χ2n) is 4.45. The van der Waals surface area contributed by atoms with E-state index < -0.39 is 0 Å². The van der Waals surface area contributed by atoms with Crippen LogP contribution >= 0.6 is 11.6 Å². The first-order chi connectivity index (χ1) is 8.83. The molecule has 0 N–H and O–H groups in total. The van der Waals surface area contributed by atoms with Gasteiger partial charge in [0.25, 0.3) is 0 Å². The first-order valence-corrected chi connectivity index (χ1v) is 6.93. The fourth-order valence-electron chi connectivity index (χ4n) is 2.16. The van der Waals surface area contributed by atoms with E-state index >= 15 is 0 Å². The Labute approximate surface area is 113 Å². The number of alkyl halides is 1. The van der Waals surface area contributed by atoms with Crippen molar-refractivity contribution in [2.75, 3.05) is 5.88 Å². The van der Waals surface area contributed by atoms with Crippen LogP contribution in [0.2, 0.25) is 0 Å². The Morgan fingerprint density at radius 3 is 2.56 bits per heavy atom. The van der Waals surface area contributed by atoms with Gasteiger partial charge in [-0.05, 0) is 23.6 Å². The van der Waals surface area contributed by atoms with Crippen LogP contribution in [0.1, 0.15) is 36.0 Å². The number of ketones is 1. The molecule has 0 amide bonds. The number of carbonyl (C=O) groups is 1. The van der Waals surface area contributed by atoms with Crippen molar-refractivity contribution in [3.8, 4) is 0 Å². The number of fused-ring (bicyclic) bond motifs is 1. The van der Waals surface area contributed by atoms with Gasteiger partial charge in [-0.3, -0.25) is 4.79 Å². The first-order valence-electron chi connectivity index (χ1n) is 6.40. The number of carbonyl (C=O) groups excluding carboxylic acids is 1. The summed E-state index contributed by atoms with van der Waals surface area (Å²) in [5.41, 5.74) is 0.846. The normalized spacial score (nSPS) is 10.7. The lowest BCUT2D eigenvalue weighted by Gasteiger charge is -2.05. The van der Waals surface area contributed by atoms with Crippen LogP contribution < -0.4 is 0 Å². The lowest BCUT2D eigenvalue weighted by Crippen LogP contribution is -2.00. The summed E-state index contributed by atoms with van der Waals surface area (Å²) in [6.07, 6.45) is 3.56. The van der Waals surface area contributed by atoms with Crippen molar-refractivity contribution in [3.63, 3.8) is 0 Å². The Hall–Kier alpha value is -1.34. The minimum atomic E-state index is 0.237. The second kappa shape index (κ2) is 6.55. The van der Waals surface area contributed by atoms with Gasteiger partial charge in [0.1, 0.15) is 0 Å². The number of Topliss-reactive ketones (excluding diaryl/α,β-unsaturated/α-hetero) is 1. The van der Waals surface area contributed by atoms with Crippen molar-refractivity contribution in [3.05, 3.63) is 48.0 Å². The highest BCUT2D eigenvalue weighted by molar-refractivity contribution is 6.17. The van der Waals surface area contributed by atoms with Crippen LogP contribution in [0.3, 0.4) is 0 Å². The third-order valence-corrected chi connectivity index (χ3v) is 3.39. The lowest BCUT2D eigenvalue weighted by atomic mass is 9.98. The van der Waals surface area contributed by atoms with Gasteiger partial charge < -0.3 is 0 Å². The van der Waals surface area contributed by atoms with E-state index in [9.17, 15) is 4.79 Å². The van der Waals surface area contributed by atoms with E-state index in [0.29, 0.717) is 12.3 Å². The molecule has 1 nitrogen and oxygen atoms in total. The van der Waals surface area contributed by atoms with Crippen molar-refractivity contribution < 1.29 is 4.79 Å². The monoisotopic (exact) mass is 260 g/mol. The molecule has 2 aromatic carbocycles. The molecule has 0 heterocycles. The SMILES string of the molecule is O=C(CCCCCCl)c1cccc2ccccc12. The van der Waals surface area contributed by atoms with Crippen LogP contribution in [0.4, 0.5) is 0 Å². The Morgan fingerprint density at radius 2 is 1.72 bits per heavy atom. The molecule has 18 heavy (non-hydrogen) atoms. The highest BCUT2D eigenvalue weighted by Crippen LogP contribution is 2.20. The fourth-order valence-corrected chi connectivity index (χ4v) is 2.35. The molecule has 2 aromatic rings. The van der Waals surface area contributed by atoms with Gasteiger partial charge in [-0.1, -0.05) is 48.9 Å². The van der Waals surface area contributed by atoms with Gasteiger partial charge in [-0.15, -0.1) is 11.6 Å². The molecule has 0 aromatic heterocycles. The van der Waals surface area contributed by atoms with Crippen molar-refractivity contribution >= 4 is 28.2 Å². The summed E-state index contributed by atoms with van der Waals surface area (Å²) in [7, 11) is 0. The topological polar surface area (TPSA) is 17.1 Å². The highest BCUT2D eigenvalue weighted by Gasteiger charge is 2.08. The zero-order valence-corrected chi connectivity index (χ0v) is 11.1. The van der Waals surface area contributed by atoms with Crippen LogP contribution in [0.25, 0.3) is 10.8 Å². The summed E-state index contributed by atoms with van der Waals surface area (Å²) in [6, 6.07) is 13.9. The van der Waals surface area contributed by atoms with Gasteiger partial charge in [-0.2, -0.15) is 0 Å². The summed E-state index contributed by atoms with van der Waals surface area (Å²) >= 11 is 5.63. The van der Waals surface area contributed by atoms with Crippen molar-refractivity contribution in [2.24, 2.45) is 0 Å². The molecule has 0 bridgehead atoms. The average Bonchev–Trinajstić information content (AvgIpc) is 2.43. The number of rotatable bonds is 6. The molecule has 0 atom stereocenters. The number of halogens is 1. The number of unbranched alkanes of at least 4 members (excludes halogenated alkanes) is 2. The molecule has 0 fully saturated rings. The van der Waals surface area contributed by atoms with E-state index in [1.807, 2.05) is 42.5 Å². The van der Waals surface area contributed by atoms with Crippen molar-refractivity contribution in [1.82, 2.24) is 0 Å². The molecular weight excluding hydrogens is 244 g/mol. The van der Waals surface area contributed by atoms with E-state index in [1.54, 1.807) is 0 Å². The summed E-state index contributed by atoms with van der Waals surface area (Å²) in [4.78, 5) is 12.2. The molecule has 0 aliphatic heterocycles. The molecule has 2 heteroatoms. The predicted octanol–water partition coefficient (Wildman–Crippen LogP) is 4.82. The van der Waals surface area contributed by atoms with Crippen LogP contribution in [0.5, 0.6) is 0 Å². The molecule has 0 radical (unpaired) electrons. The Morgan fingerprint density at radius 1 is 0.944 bits per heavy atom. The summed E-state index contributed by atoms with van der Waals surface area (Å²) in [6.45, 7) is 0. The number of hydrogen-bond acceptors (Lipinski definition) is 1. The van der Waals surface area contributed by atoms with Gasteiger partial charge in [-0.25, -0.2) is 0 Å². The van der Waals surface area contributed by atoms with Gasteiger partial charge in [0.15, 0.2) is 5.78 Å². The highest BCUT2D eigenvalue weighted by atomic mass is 35.5. The van der Waals surface area contributed by atoms with E-state index in [-0.39, 0.29) is 5.78 Å². The molecule has 0 aliphatic rings. The third kappa shape index (κ3) is 3.11. The summed E-state index contributed by atoms with van der Waals surface area (Å²) in [5, 5.41) is 2.19. The Balaban J connectivity index is 2.13. The van der Waals surface area contributed by atoms with E-state index in [0.717, 1.165) is 35.6 Å². The van der Waals surface area contributed by atoms with E-state index in [1.165, 1.54) is 0 Å². The smallest absolute Gasteiger partial charge is 0.163 e. The molecule has 0 saturated carbocycles.